The van der Waals surface area contributed by atoms with Gasteiger partial charge in [-0.25, -0.2) is 18.1 Å². The summed E-state index contributed by atoms with van der Waals surface area (Å²) in [6.07, 6.45) is 7.28. The lowest BCUT2D eigenvalue weighted by atomic mass is 9.96. The lowest BCUT2D eigenvalue weighted by molar-refractivity contribution is 0.0954. The van der Waals surface area contributed by atoms with Crippen molar-refractivity contribution in [1.29, 1.82) is 5.26 Å². The minimum atomic E-state index is -3.90. The second-order valence-corrected chi connectivity index (χ2v) is 9.67. The Bertz CT molecular complexity index is 1130. The average Bonchev–Trinajstić information content (AvgIpc) is 2.85. The van der Waals surface area contributed by atoms with Crippen LogP contribution in [-0.4, -0.2) is 40.0 Å². The fraction of sp³-hybridized carbons (Fsp3) is 0.375. The van der Waals surface area contributed by atoms with Crippen molar-refractivity contribution in [3.8, 4) is 11.9 Å². The number of amides is 1. The van der Waals surface area contributed by atoms with Gasteiger partial charge in [-0.15, -0.1) is 0 Å². The van der Waals surface area contributed by atoms with Crippen LogP contribution in [0.4, 0.5) is 0 Å². The Morgan fingerprint density at radius 1 is 1.09 bits per heavy atom. The maximum absolute atomic E-state index is 12.8. The van der Waals surface area contributed by atoms with E-state index < -0.39 is 10.0 Å². The number of carbonyl (C=O) groups excluding carboxylic acids is 1. The quantitative estimate of drug-likeness (QED) is 0.229. The molecule has 0 saturated heterocycles. The van der Waals surface area contributed by atoms with Crippen molar-refractivity contribution in [2.75, 3.05) is 13.7 Å². The van der Waals surface area contributed by atoms with Crippen LogP contribution in [0.1, 0.15) is 48.0 Å². The summed E-state index contributed by atoms with van der Waals surface area (Å²) in [4.78, 5) is 16.7. The second kappa shape index (κ2) is 12.0. The van der Waals surface area contributed by atoms with Crippen LogP contribution in [0.2, 0.25) is 0 Å². The van der Waals surface area contributed by atoms with Gasteiger partial charge in [-0.1, -0.05) is 31.4 Å². The van der Waals surface area contributed by atoms with Gasteiger partial charge in [0.2, 0.25) is 5.96 Å². The number of methoxy groups -OCH3 is 1. The SMILES string of the molecule is COc1ccc(C(=O)NCCc2ccc(S(=O)(=O)NC(=NC3CCCCC3)NC#N)cc2)cc1. The number of hydrogen-bond donors (Lipinski definition) is 3. The Kier molecular flexibility index (Phi) is 8.87. The van der Waals surface area contributed by atoms with Crippen molar-refractivity contribution in [2.24, 2.45) is 4.99 Å². The number of rotatable bonds is 8. The van der Waals surface area contributed by atoms with Crippen LogP contribution in [0.3, 0.4) is 0 Å². The molecule has 10 heteroatoms. The number of nitrogens with zero attached hydrogens (tertiary/aromatic N) is 2. The van der Waals surface area contributed by atoms with E-state index in [1.54, 1.807) is 49.7 Å². The zero-order valence-electron chi connectivity index (χ0n) is 19.1. The first-order valence-corrected chi connectivity index (χ1v) is 12.7. The molecule has 2 aromatic rings. The van der Waals surface area contributed by atoms with E-state index in [0.717, 1.165) is 37.7 Å². The van der Waals surface area contributed by atoms with Gasteiger partial charge < -0.3 is 10.1 Å². The number of guanidine groups is 1. The van der Waals surface area contributed by atoms with Crippen molar-refractivity contribution in [3.63, 3.8) is 0 Å². The molecular weight excluding hydrogens is 454 g/mol. The Labute approximate surface area is 200 Å². The number of nitriles is 1. The molecule has 1 fully saturated rings. The smallest absolute Gasteiger partial charge is 0.264 e. The van der Waals surface area contributed by atoms with E-state index in [9.17, 15) is 13.2 Å². The molecular formula is C24H29N5O4S. The summed E-state index contributed by atoms with van der Waals surface area (Å²) in [5.74, 6) is 0.428. The van der Waals surface area contributed by atoms with Gasteiger partial charge in [0.1, 0.15) is 5.75 Å². The monoisotopic (exact) mass is 483 g/mol. The summed E-state index contributed by atoms with van der Waals surface area (Å²) in [5, 5.41) is 14.2. The Balaban J connectivity index is 1.56. The number of aliphatic imine (C=N–C) groups is 1. The minimum Gasteiger partial charge on any atom is -0.497 e. The van der Waals surface area contributed by atoms with Crippen molar-refractivity contribution >= 4 is 21.9 Å². The predicted molar refractivity (Wildman–Crippen MR) is 129 cm³/mol. The van der Waals surface area contributed by atoms with Crippen LogP contribution >= 0.6 is 0 Å². The van der Waals surface area contributed by atoms with Gasteiger partial charge >= 0.3 is 0 Å². The molecule has 0 bridgehead atoms. The van der Waals surface area contributed by atoms with Crippen molar-refractivity contribution in [3.05, 3.63) is 59.7 Å². The zero-order valence-corrected chi connectivity index (χ0v) is 19.9. The fourth-order valence-corrected chi connectivity index (χ4v) is 4.69. The molecule has 3 N–H and O–H groups in total. The van der Waals surface area contributed by atoms with Crippen molar-refractivity contribution in [2.45, 2.75) is 49.5 Å². The van der Waals surface area contributed by atoms with E-state index in [4.69, 9.17) is 10.00 Å². The first-order valence-electron chi connectivity index (χ1n) is 11.2. The molecule has 0 aromatic heterocycles. The van der Waals surface area contributed by atoms with E-state index in [2.05, 4.69) is 20.3 Å². The van der Waals surface area contributed by atoms with Crippen molar-refractivity contribution < 1.29 is 17.9 Å². The summed E-state index contributed by atoms with van der Waals surface area (Å²) in [5.41, 5.74) is 1.41. The van der Waals surface area contributed by atoms with Crippen LogP contribution in [0.5, 0.6) is 5.75 Å². The second-order valence-electron chi connectivity index (χ2n) is 7.99. The molecule has 34 heavy (non-hydrogen) atoms. The molecule has 0 radical (unpaired) electrons. The Morgan fingerprint density at radius 3 is 2.38 bits per heavy atom. The van der Waals surface area contributed by atoms with Gasteiger partial charge in [-0.05, 0) is 61.2 Å². The number of sulfonamides is 1. The number of hydrogen-bond acceptors (Lipinski definition) is 6. The summed E-state index contributed by atoms with van der Waals surface area (Å²) in [6, 6.07) is 13.2. The van der Waals surface area contributed by atoms with Gasteiger partial charge in [-0.3, -0.25) is 10.1 Å². The molecule has 0 atom stereocenters. The van der Waals surface area contributed by atoms with Crippen LogP contribution in [0.15, 0.2) is 58.4 Å². The molecule has 9 nitrogen and oxygen atoms in total. The molecule has 2 aromatic carbocycles. The van der Waals surface area contributed by atoms with E-state index in [-0.39, 0.29) is 22.8 Å². The van der Waals surface area contributed by atoms with E-state index in [1.807, 2.05) is 0 Å². The highest BCUT2D eigenvalue weighted by molar-refractivity contribution is 7.90. The first-order chi connectivity index (χ1) is 16.4. The third-order valence-electron chi connectivity index (χ3n) is 5.58. The first kappa shape index (κ1) is 25.1. The Hall–Kier alpha value is -3.58. The highest BCUT2D eigenvalue weighted by atomic mass is 32.2. The normalized spacial score (nSPS) is 14.6. The Morgan fingerprint density at radius 2 is 1.76 bits per heavy atom. The topological polar surface area (TPSA) is 133 Å². The standard InChI is InChI=1S/C24H29N5O4S/c1-33-21-11-9-19(10-12-21)23(30)26-16-15-18-7-13-22(14-8-18)34(31,32)29-24(27-17-25)28-20-5-3-2-4-6-20/h7-14,20H,2-6,15-16H2,1H3,(H,26,30)(H2,27,28,29). The zero-order chi connectivity index (χ0) is 24.4. The van der Waals surface area contributed by atoms with Gasteiger partial charge in [-0.2, -0.15) is 5.26 Å². The van der Waals surface area contributed by atoms with Crippen molar-refractivity contribution in [1.82, 2.24) is 15.4 Å². The van der Waals surface area contributed by atoms with E-state index >= 15 is 0 Å². The molecule has 3 rings (SSSR count). The summed E-state index contributed by atoms with van der Waals surface area (Å²) in [6.45, 7) is 0.402. The molecule has 0 spiro atoms. The third-order valence-corrected chi connectivity index (χ3v) is 6.93. The van der Waals surface area contributed by atoms with Crippen LogP contribution < -0.4 is 20.1 Å². The largest absolute Gasteiger partial charge is 0.497 e. The highest BCUT2D eigenvalue weighted by Crippen LogP contribution is 2.20. The van der Waals surface area contributed by atoms with Gasteiger partial charge in [0.15, 0.2) is 6.19 Å². The average molecular weight is 484 g/mol. The van der Waals surface area contributed by atoms with Gasteiger partial charge in [0, 0.05) is 12.1 Å². The van der Waals surface area contributed by atoms with Gasteiger partial charge in [0.05, 0.1) is 18.0 Å². The lowest BCUT2D eigenvalue weighted by Crippen LogP contribution is -2.40. The molecule has 1 aliphatic carbocycles. The lowest BCUT2D eigenvalue weighted by Gasteiger charge is -2.19. The third kappa shape index (κ3) is 7.22. The fourth-order valence-electron chi connectivity index (χ4n) is 3.72. The molecule has 0 aliphatic heterocycles. The number of ether oxygens (including phenoxy) is 1. The summed E-state index contributed by atoms with van der Waals surface area (Å²) < 4.78 is 33.0. The van der Waals surface area contributed by atoms with Crippen LogP contribution in [0.25, 0.3) is 0 Å². The molecule has 0 heterocycles. The molecule has 1 saturated carbocycles. The number of carbonyl (C=O) groups is 1. The maximum Gasteiger partial charge on any atom is 0.264 e. The number of nitrogens with one attached hydrogen (secondary N) is 3. The molecule has 1 amide bonds. The maximum atomic E-state index is 12.8. The van der Waals surface area contributed by atoms with Gasteiger partial charge in [0.25, 0.3) is 15.9 Å². The summed E-state index contributed by atoms with van der Waals surface area (Å²) in [7, 11) is -2.33. The van der Waals surface area contributed by atoms with Crippen LogP contribution in [0, 0.1) is 11.5 Å². The molecule has 180 valence electrons. The summed E-state index contributed by atoms with van der Waals surface area (Å²) >= 11 is 0. The molecule has 1 aliphatic rings. The number of benzene rings is 2. The predicted octanol–water partition coefficient (Wildman–Crippen LogP) is 2.71. The van der Waals surface area contributed by atoms with E-state index in [0.29, 0.717) is 24.3 Å². The minimum absolute atomic E-state index is 0.00259. The van der Waals surface area contributed by atoms with Crippen LogP contribution in [-0.2, 0) is 16.4 Å². The molecule has 0 unspecified atom stereocenters. The van der Waals surface area contributed by atoms with E-state index in [1.165, 1.54) is 12.1 Å². The highest BCUT2D eigenvalue weighted by Gasteiger charge is 2.19.